The van der Waals surface area contributed by atoms with Gasteiger partial charge in [0.25, 0.3) is 15.9 Å². The van der Waals surface area contributed by atoms with E-state index in [1.807, 2.05) is 86.6 Å². The maximum Gasteiger partial charge on any atom is 0.264 e. The van der Waals surface area contributed by atoms with E-state index in [1.165, 1.54) is 4.57 Å². The second-order valence-electron chi connectivity index (χ2n) is 22.3. The molecule has 76 heavy (non-hydrogen) atoms. The third-order valence-corrected chi connectivity index (χ3v) is 14.7. The second kappa shape index (κ2) is 23.5. The lowest BCUT2D eigenvalue weighted by atomic mass is 9.88. The van der Waals surface area contributed by atoms with Crippen LogP contribution in [0.4, 0.5) is 0 Å². The van der Waals surface area contributed by atoms with Crippen molar-refractivity contribution in [2.75, 3.05) is 6.54 Å². The zero-order valence-corrected chi connectivity index (χ0v) is 46.6. The highest BCUT2D eigenvalue weighted by atomic mass is 32.2. The highest BCUT2D eigenvalue weighted by Gasteiger charge is 2.35. The number of nitrogens with two attached hydrogens (primary N) is 4. The molecular formula is C57H77N9O9S. The quantitative estimate of drug-likeness (QED) is 0.0274. The Bertz CT molecular complexity index is 3080. The first-order valence-corrected chi connectivity index (χ1v) is 27.1. The van der Waals surface area contributed by atoms with Gasteiger partial charge in [-0.1, -0.05) is 42.5 Å². The number of ether oxygens (including phenoxy) is 3. The lowest BCUT2D eigenvalue weighted by molar-refractivity contribution is -0.129. The van der Waals surface area contributed by atoms with Gasteiger partial charge >= 0.3 is 0 Å². The summed E-state index contributed by atoms with van der Waals surface area (Å²) in [5.74, 6) is -0.942. The number of nitrogens with zero attached hydrogens (tertiary/aromatic N) is 2. The Balaban J connectivity index is 1.28. The lowest BCUT2D eigenvalue weighted by Gasteiger charge is -2.35. The molecule has 0 radical (unpaired) electrons. The van der Waals surface area contributed by atoms with E-state index in [0.717, 1.165) is 16.7 Å². The van der Waals surface area contributed by atoms with Gasteiger partial charge in [0.05, 0.1) is 22.5 Å². The molecule has 2 heterocycles. The molecule has 19 heteroatoms. The molecule has 410 valence electrons. The number of aromatic nitrogens is 1. The third kappa shape index (κ3) is 15.1. The first-order chi connectivity index (χ1) is 35.4. The third-order valence-electron chi connectivity index (χ3n) is 13.1. The summed E-state index contributed by atoms with van der Waals surface area (Å²) in [5, 5.41) is 6.43. The van der Waals surface area contributed by atoms with Gasteiger partial charge in [0.2, 0.25) is 23.7 Å². The van der Waals surface area contributed by atoms with Gasteiger partial charge in [-0.05, 0) is 184 Å². The van der Waals surface area contributed by atoms with E-state index in [4.69, 9.17) is 37.1 Å². The number of hydrogen-bond donors (Lipinski definition) is 7. The van der Waals surface area contributed by atoms with E-state index in [9.17, 15) is 27.6 Å². The maximum absolute atomic E-state index is 14.9. The fourth-order valence-corrected chi connectivity index (χ4v) is 10.8. The molecule has 0 saturated heterocycles. The van der Waals surface area contributed by atoms with Crippen molar-refractivity contribution < 1.29 is 41.8 Å². The Labute approximate surface area is 447 Å². The minimum absolute atomic E-state index is 0.0100. The van der Waals surface area contributed by atoms with Gasteiger partial charge in [-0.2, -0.15) is 0 Å². The highest BCUT2D eigenvalue weighted by Crippen LogP contribution is 2.42. The monoisotopic (exact) mass is 1060 g/mol. The molecule has 0 saturated carbocycles. The standard InChI is InChI=1S/C57H77N9O9S/c1-33-34(2)49(35(3)41-26-27-57(10,11)75-48(33)41)76(71,72)65-54(61)62-28-14-16-45(53(70)66-32-38(31-43(58)50(60)67)42-15-12-13-17-47(42)66)63-52(69)46(30-37-20-24-40(25-21-37)74-56(7,8)9)64-51(68)44(59)29-36-18-22-39(23-19-36)73-55(4,5)6/h12-13,15,17-25,32,43-46H,14,16,26-31,58-59H2,1-11H3,(H2,60,67)(H,63,69)(H,64,68)(H3,61,62,65)/t43-,44-,45-,46-/m0/s1. The minimum Gasteiger partial charge on any atom is -0.488 e. The number of guanidine groups is 1. The summed E-state index contributed by atoms with van der Waals surface area (Å²) in [6, 6.07) is 16.9. The SMILES string of the molecule is Cc1c(C)c(S(=O)(=O)NC(N)=NCCC[C@H](NC(=O)[C@H](Cc2ccc(OC(C)(C)C)cc2)NC(=O)[C@@H](N)Cc2ccc(OC(C)(C)C)cc2)C(=O)n2cc(C[C@H](N)C(N)=O)c3ccccc32)c(C)c2c1OC(C)(C)CC2. The van der Waals surface area contributed by atoms with Gasteiger partial charge in [0.15, 0.2) is 0 Å². The van der Waals surface area contributed by atoms with Crippen molar-refractivity contribution in [2.45, 2.75) is 167 Å². The van der Waals surface area contributed by atoms with Crippen molar-refractivity contribution in [2.24, 2.45) is 27.9 Å². The number of fused-ring (bicyclic) bond motifs is 2. The number of carbonyl (C=O) groups excluding carboxylic acids is 4. The van der Waals surface area contributed by atoms with Gasteiger partial charge < -0.3 is 47.8 Å². The van der Waals surface area contributed by atoms with Crippen molar-refractivity contribution in [3.8, 4) is 17.2 Å². The Hall–Kier alpha value is -6.96. The van der Waals surface area contributed by atoms with Crippen LogP contribution in [-0.4, -0.2) is 90.1 Å². The molecule has 3 amide bonds. The van der Waals surface area contributed by atoms with Crippen LogP contribution in [0.1, 0.15) is 118 Å². The Morgan fingerprint density at radius 1 is 0.750 bits per heavy atom. The van der Waals surface area contributed by atoms with E-state index < -0.39 is 74.6 Å². The van der Waals surface area contributed by atoms with Gasteiger partial charge in [-0.3, -0.25) is 28.7 Å². The van der Waals surface area contributed by atoms with Crippen LogP contribution in [0.25, 0.3) is 10.9 Å². The van der Waals surface area contributed by atoms with Crippen LogP contribution in [0.3, 0.4) is 0 Å². The molecule has 4 aromatic carbocycles. The number of sulfonamides is 1. The Morgan fingerprint density at radius 3 is 1.89 bits per heavy atom. The minimum atomic E-state index is -4.21. The lowest BCUT2D eigenvalue weighted by Crippen LogP contribution is -2.56. The second-order valence-corrected chi connectivity index (χ2v) is 24.0. The van der Waals surface area contributed by atoms with Crippen LogP contribution >= 0.6 is 0 Å². The van der Waals surface area contributed by atoms with Crippen molar-refractivity contribution in [1.29, 1.82) is 0 Å². The van der Waals surface area contributed by atoms with Crippen LogP contribution < -0.4 is 52.5 Å². The molecule has 4 atom stereocenters. The van der Waals surface area contributed by atoms with Gasteiger partial charge in [-0.25, -0.2) is 13.1 Å². The summed E-state index contributed by atoms with van der Waals surface area (Å²) in [6.07, 6.45) is 3.25. The van der Waals surface area contributed by atoms with E-state index >= 15 is 0 Å². The summed E-state index contributed by atoms with van der Waals surface area (Å²) in [7, 11) is -4.21. The van der Waals surface area contributed by atoms with Gasteiger partial charge in [0, 0.05) is 24.5 Å². The van der Waals surface area contributed by atoms with Crippen LogP contribution in [0.2, 0.25) is 0 Å². The molecular weight excluding hydrogens is 987 g/mol. The number of para-hydroxylation sites is 1. The molecule has 0 aliphatic carbocycles. The topological polar surface area (TPSA) is 288 Å². The van der Waals surface area contributed by atoms with Gasteiger partial charge in [-0.15, -0.1) is 0 Å². The largest absolute Gasteiger partial charge is 0.488 e. The number of primary amides is 1. The van der Waals surface area contributed by atoms with Gasteiger partial charge in [0.1, 0.15) is 46.1 Å². The van der Waals surface area contributed by atoms with Crippen molar-refractivity contribution >= 4 is 50.5 Å². The van der Waals surface area contributed by atoms with Crippen LogP contribution in [-0.2, 0) is 50.1 Å². The van der Waals surface area contributed by atoms with Crippen LogP contribution in [0.5, 0.6) is 17.2 Å². The first-order valence-electron chi connectivity index (χ1n) is 25.7. The maximum atomic E-state index is 14.9. The number of nitrogens with one attached hydrogen (secondary N) is 3. The van der Waals surface area contributed by atoms with Crippen molar-refractivity contribution in [3.63, 3.8) is 0 Å². The summed E-state index contributed by atoms with van der Waals surface area (Å²) >= 11 is 0. The van der Waals surface area contributed by atoms with E-state index in [-0.39, 0.29) is 49.5 Å². The highest BCUT2D eigenvalue weighted by molar-refractivity contribution is 7.90. The predicted octanol–water partition coefficient (Wildman–Crippen LogP) is 5.88. The van der Waals surface area contributed by atoms with Crippen LogP contribution in [0, 0.1) is 20.8 Å². The van der Waals surface area contributed by atoms with E-state index in [1.54, 1.807) is 68.6 Å². The summed E-state index contributed by atoms with van der Waals surface area (Å²) < 4.78 is 50.1. The molecule has 0 bridgehead atoms. The van der Waals surface area contributed by atoms with Crippen molar-refractivity contribution in [3.05, 3.63) is 118 Å². The molecule has 11 N–H and O–H groups in total. The molecule has 1 aliphatic heterocycles. The predicted molar refractivity (Wildman–Crippen MR) is 296 cm³/mol. The summed E-state index contributed by atoms with van der Waals surface area (Å²) in [4.78, 5) is 60.2. The number of aliphatic imine (C=N–C) groups is 1. The number of amides is 3. The fraction of sp³-hybridized carbons (Fsp3) is 0.456. The molecule has 6 rings (SSSR count). The number of rotatable bonds is 20. The van der Waals surface area contributed by atoms with Crippen LogP contribution in [0.15, 0.2) is 88.9 Å². The summed E-state index contributed by atoms with van der Waals surface area (Å²) in [5.41, 5.74) is 28.3. The number of carbonyl (C=O) groups is 4. The van der Waals surface area contributed by atoms with E-state index in [2.05, 4.69) is 20.3 Å². The number of benzene rings is 4. The molecule has 18 nitrogen and oxygen atoms in total. The molecule has 0 spiro atoms. The molecule has 0 fully saturated rings. The van der Waals surface area contributed by atoms with E-state index in [0.29, 0.717) is 63.2 Å². The molecule has 1 aliphatic rings. The molecule has 1 aromatic heterocycles. The Morgan fingerprint density at radius 2 is 1.32 bits per heavy atom. The first kappa shape index (κ1) is 58.3. The smallest absolute Gasteiger partial charge is 0.264 e. The van der Waals surface area contributed by atoms with Crippen molar-refractivity contribution in [1.82, 2.24) is 19.9 Å². The zero-order chi connectivity index (χ0) is 56.1. The molecule has 0 unspecified atom stereocenters. The summed E-state index contributed by atoms with van der Waals surface area (Å²) in [6.45, 7) is 20.9. The Kier molecular flexibility index (Phi) is 18.0. The normalized spacial score (nSPS) is 15.4. The zero-order valence-electron chi connectivity index (χ0n) is 45.8. The number of hydrogen-bond acceptors (Lipinski definition) is 12. The average molecular weight is 1060 g/mol. The molecule has 5 aromatic rings. The average Bonchev–Trinajstić information content (AvgIpc) is 3.68. The fourth-order valence-electron chi connectivity index (χ4n) is 9.26.